The first-order valence-electron chi connectivity index (χ1n) is 9.27. The lowest BCUT2D eigenvalue weighted by molar-refractivity contribution is -0.462. The number of alkyl halides is 17. The quantitative estimate of drug-likeness (QED) is 0.179. The van der Waals surface area contributed by atoms with Crippen LogP contribution >= 0.6 is 0 Å². The summed E-state index contributed by atoms with van der Waals surface area (Å²) in [6.45, 7) is 1.09. The molecule has 0 bridgehead atoms. The van der Waals surface area contributed by atoms with Crippen LogP contribution in [0, 0.1) is 0 Å². The van der Waals surface area contributed by atoms with Gasteiger partial charge in [0.1, 0.15) is 0 Å². The van der Waals surface area contributed by atoms with Crippen LogP contribution < -0.4 is 0 Å². The highest BCUT2D eigenvalue weighted by molar-refractivity contribution is 5.47. The Labute approximate surface area is 195 Å². The molecule has 0 saturated heterocycles. The van der Waals surface area contributed by atoms with Crippen molar-refractivity contribution in [1.82, 2.24) is 0 Å². The first-order chi connectivity index (χ1) is 16.3. The van der Waals surface area contributed by atoms with Gasteiger partial charge in [-0.15, -0.1) is 0 Å². The molecule has 0 radical (unpaired) electrons. The van der Waals surface area contributed by atoms with E-state index < -0.39 is 67.3 Å². The molecule has 0 aliphatic rings. The number of hydrogen-bond acceptors (Lipinski definition) is 1. The van der Waals surface area contributed by atoms with Crippen LogP contribution in [0.4, 0.5) is 74.6 Å². The molecule has 0 aromatic heterocycles. The Morgan fingerprint density at radius 1 is 0.568 bits per heavy atom. The molecule has 1 rings (SSSR count). The van der Waals surface area contributed by atoms with E-state index in [1.165, 1.54) is 30.3 Å². The van der Waals surface area contributed by atoms with Gasteiger partial charge in [-0.25, -0.2) is 0 Å². The van der Waals surface area contributed by atoms with Gasteiger partial charge in [0.25, 0.3) is 0 Å². The molecule has 0 aliphatic heterocycles. The summed E-state index contributed by atoms with van der Waals surface area (Å²) in [5.74, 6) is -56.3. The molecule has 1 aromatic carbocycles. The second-order valence-electron chi connectivity index (χ2n) is 7.40. The minimum Gasteiger partial charge on any atom is -0.377 e. The van der Waals surface area contributed by atoms with Crippen LogP contribution in [0.25, 0.3) is 6.08 Å². The minimum atomic E-state index is -8.63. The zero-order chi connectivity index (χ0) is 29.5. The maximum atomic E-state index is 13.7. The highest BCUT2D eigenvalue weighted by Crippen LogP contribution is 2.64. The van der Waals surface area contributed by atoms with E-state index in [2.05, 4.69) is 11.3 Å². The fraction of sp³-hybridized carbons (Fsp3) is 0.579. The van der Waals surface area contributed by atoms with Gasteiger partial charge >= 0.3 is 47.6 Å². The van der Waals surface area contributed by atoms with Gasteiger partial charge in [-0.2, -0.15) is 74.6 Å². The standard InChI is InChI=1S/C19H13F17O/c1-2-10-3-5-11(6-4-10)9-37-8-7-12(20,21)13(22,23)14(24,25)15(26,27)16(28,29)17(30,31)18(32,33)19(34,35)36/h2-6H,1,7-9H2. The largest absolute Gasteiger partial charge is 0.460 e. The van der Waals surface area contributed by atoms with Crippen molar-refractivity contribution in [3.05, 3.63) is 42.0 Å². The molecule has 0 amide bonds. The Balaban J connectivity index is 3.21. The smallest absolute Gasteiger partial charge is 0.377 e. The Morgan fingerprint density at radius 2 is 0.946 bits per heavy atom. The van der Waals surface area contributed by atoms with Crippen LogP contribution in [0.2, 0.25) is 0 Å². The Kier molecular flexibility index (Phi) is 8.67. The molecule has 214 valence electrons. The molecular weight excluding hydrogens is 567 g/mol. The van der Waals surface area contributed by atoms with Crippen molar-refractivity contribution >= 4 is 6.08 Å². The van der Waals surface area contributed by atoms with E-state index in [0.717, 1.165) is 0 Å². The van der Waals surface area contributed by atoms with Gasteiger partial charge in [0, 0.05) is 6.42 Å². The predicted octanol–water partition coefficient (Wildman–Crippen LogP) is 8.25. The molecule has 0 heterocycles. The lowest BCUT2D eigenvalue weighted by atomic mass is 9.88. The molecule has 37 heavy (non-hydrogen) atoms. The van der Waals surface area contributed by atoms with Crippen molar-refractivity contribution in [1.29, 1.82) is 0 Å². The lowest BCUT2D eigenvalue weighted by Crippen LogP contribution is -2.74. The lowest BCUT2D eigenvalue weighted by Gasteiger charge is -2.42. The average molecular weight is 580 g/mol. The van der Waals surface area contributed by atoms with Crippen LogP contribution in [0.1, 0.15) is 17.5 Å². The molecule has 0 aliphatic carbocycles. The van der Waals surface area contributed by atoms with Crippen LogP contribution in [-0.4, -0.2) is 54.2 Å². The monoisotopic (exact) mass is 580 g/mol. The maximum absolute atomic E-state index is 13.7. The van der Waals surface area contributed by atoms with Crippen LogP contribution in [0.15, 0.2) is 30.8 Å². The summed E-state index contributed by atoms with van der Waals surface area (Å²) in [6.07, 6.45) is -9.04. The Hall–Kier alpha value is -2.27. The normalized spacial score (nSPS) is 15.2. The molecule has 0 N–H and O–H groups in total. The maximum Gasteiger partial charge on any atom is 0.460 e. The molecule has 18 heteroatoms. The van der Waals surface area contributed by atoms with E-state index in [-0.39, 0.29) is 5.56 Å². The van der Waals surface area contributed by atoms with Gasteiger partial charge in [0.15, 0.2) is 0 Å². The van der Waals surface area contributed by atoms with Gasteiger partial charge in [0.05, 0.1) is 13.2 Å². The van der Waals surface area contributed by atoms with E-state index >= 15 is 0 Å². The first kappa shape index (κ1) is 32.8. The number of hydrogen-bond donors (Lipinski definition) is 0. The molecule has 0 fully saturated rings. The fourth-order valence-electron chi connectivity index (χ4n) is 2.49. The topological polar surface area (TPSA) is 9.23 Å². The van der Waals surface area contributed by atoms with E-state index in [1.807, 2.05) is 0 Å². The van der Waals surface area contributed by atoms with Crippen molar-refractivity contribution < 1.29 is 79.4 Å². The summed E-state index contributed by atoms with van der Waals surface area (Å²) in [5, 5.41) is 0. The van der Waals surface area contributed by atoms with E-state index in [4.69, 9.17) is 0 Å². The second-order valence-corrected chi connectivity index (χ2v) is 7.40. The van der Waals surface area contributed by atoms with Crippen molar-refractivity contribution in [3.8, 4) is 0 Å². The summed E-state index contributed by atoms with van der Waals surface area (Å²) < 4.78 is 229. The van der Waals surface area contributed by atoms with Crippen molar-refractivity contribution in [3.63, 3.8) is 0 Å². The predicted molar refractivity (Wildman–Crippen MR) is 91.5 cm³/mol. The molecule has 1 nitrogen and oxygen atoms in total. The Morgan fingerprint density at radius 3 is 1.32 bits per heavy atom. The molecule has 0 saturated carbocycles. The third-order valence-electron chi connectivity index (χ3n) is 4.83. The number of rotatable bonds is 12. The van der Waals surface area contributed by atoms with Gasteiger partial charge in [-0.1, -0.05) is 36.9 Å². The highest BCUT2D eigenvalue weighted by atomic mass is 19.4. The van der Waals surface area contributed by atoms with E-state index in [0.29, 0.717) is 5.56 Å². The van der Waals surface area contributed by atoms with Crippen molar-refractivity contribution in [2.75, 3.05) is 6.61 Å². The number of halogens is 17. The SMILES string of the molecule is C=Cc1ccc(COCCC(F)(F)C(F)(F)C(F)(F)C(F)(F)C(F)(F)C(F)(F)C(F)(F)C(F)(F)F)cc1. The zero-order valence-electron chi connectivity index (χ0n) is 17.5. The second kappa shape index (κ2) is 9.80. The van der Waals surface area contributed by atoms with Gasteiger partial charge in [0.2, 0.25) is 0 Å². The van der Waals surface area contributed by atoms with Gasteiger partial charge in [-0.05, 0) is 11.1 Å². The van der Waals surface area contributed by atoms with E-state index in [1.54, 1.807) is 0 Å². The molecule has 0 unspecified atom stereocenters. The summed E-state index contributed by atoms with van der Waals surface area (Å²) in [5.41, 5.74) is 0.721. The third kappa shape index (κ3) is 5.21. The van der Waals surface area contributed by atoms with Crippen LogP contribution in [0.5, 0.6) is 0 Å². The van der Waals surface area contributed by atoms with Crippen LogP contribution in [0.3, 0.4) is 0 Å². The molecular formula is C19H13F17O. The number of ether oxygens (including phenoxy) is 1. The molecule has 1 aromatic rings. The van der Waals surface area contributed by atoms with Crippen molar-refractivity contribution in [2.24, 2.45) is 0 Å². The zero-order valence-corrected chi connectivity index (χ0v) is 17.5. The summed E-state index contributed by atoms with van der Waals surface area (Å²) >= 11 is 0. The van der Waals surface area contributed by atoms with Crippen LogP contribution in [-0.2, 0) is 11.3 Å². The first-order valence-corrected chi connectivity index (χ1v) is 9.27. The Bertz CT molecular complexity index is 931. The number of benzene rings is 1. The van der Waals surface area contributed by atoms with E-state index in [9.17, 15) is 74.6 Å². The summed E-state index contributed by atoms with van der Waals surface area (Å²) in [7, 11) is 0. The summed E-state index contributed by atoms with van der Waals surface area (Å²) in [6, 6.07) is 5.37. The van der Waals surface area contributed by atoms with Crippen molar-refractivity contribution in [2.45, 2.75) is 60.7 Å². The van der Waals surface area contributed by atoms with Gasteiger partial charge in [-0.3, -0.25) is 0 Å². The summed E-state index contributed by atoms with van der Waals surface area (Å²) in [4.78, 5) is 0. The highest BCUT2D eigenvalue weighted by Gasteiger charge is 2.95. The molecule has 0 atom stereocenters. The molecule has 0 spiro atoms. The van der Waals surface area contributed by atoms with Gasteiger partial charge < -0.3 is 4.74 Å². The average Bonchev–Trinajstić information content (AvgIpc) is 2.75. The third-order valence-corrected chi connectivity index (χ3v) is 4.83. The minimum absolute atomic E-state index is 0.171. The fourth-order valence-corrected chi connectivity index (χ4v) is 2.49.